The van der Waals surface area contributed by atoms with Gasteiger partial charge in [0.2, 0.25) is 0 Å². The topological polar surface area (TPSA) is 107 Å². The Bertz CT molecular complexity index is 368. The Balaban J connectivity index is 2.72. The standard InChI is InChI=1S/C11H20N4O2/c1-11(2,3)17-10(16)15-5-4-8(12)7(6-15)9(13)14/h4-6,12H2,1-3H3,(H3,13,14)/p+1. The van der Waals surface area contributed by atoms with Crippen LogP contribution in [0.25, 0.3) is 0 Å². The van der Waals surface area contributed by atoms with Crippen LogP contribution in [0.5, 0.6) is 0 Å². The average molecular weight is 241 g/mol. The molecule has 0 aromatic rings. The minimum absolute atomic E-state index is 0.163. The van der Waals surface area contributed by atoms with Gasteiger partial charge in [-0.15, -0.1) is 0 Å². The molecule has 0 radical (unpaired) electrons. The van der Waals surface area contributed by atoms with E-state index in [9.17, 15) is 4.79 Å². The van der Waals surface area contributed by atoms with E-state index in [0.29, 0.717) is 30.8 Å². The average Bonchev–Trinajstić information content (AvgIpc) is 2.14. The van der Waals surface area contributed by atoms with Crippen LogP contribution in [0.3, 0.4) is 0 Å². The zero-order valence-electron chi connectivity index (χ0n) is 10.6. The van der Waals surface area contributed by atoms with E-state index in [0.717, 1.165) is 0 Å². The number of nitrogens with two attached hydrogens (primary N) is 3. The molecule has 1 rings (SSSR count). The third kappa shape index (κ3) is 3.65. The Morgan fingerprint density at radius 2 is 2.06 bits per heavy atom. The molecule has 6 N–H and O–H groups in total. The normalized spacial score (nSPS) is 17.0. The summed E-state index contributed by atoms with van der Waals surface area (Å²) in [4.78, 5) is 13.4. The van der Waals surface area contributed by atoms with E-state index in [4.69, 9.17) is 21.6 Å². The first-order valence-corrected chi connectivity index (χ1v) is 5.54. The van der Waals surface area contributed by atoms with Gasteiger partial charge in [-0.3, -0.25) is 11.1 Å². The zero-order valence-corrected chi connectivity index (χ0v) is 10.6. The van der Waals surface area contributed by atoms with E-state index in [-0.39, 0.29) is 11.9 Å². The van der Waals surface area contributed by atoms with E-state index in [1.54, 1.807) is 4.90 Å². The van der Waals surface area contributed by atoms with Crippen molar-refractivity contribution in [2.24, 2.45) is 11.5 Å². The largest absolute Gasteiger partial charge is 0.444 e. The van der Waals surface area contributed by atoms with Crippen LogP contribution in [0, 0.1) is 0 Å². The van der Waals surface area contributed by atoms with Crippen molar-refractivity contribution in [1.82, 2.24) is 4.90 Å². The molecule has 1 amide bonds. The van der Waals surface area contributed by atoms with Crippen molar-refractivity contribution in [2.75, 3.05) is 13.1 Å². The molecular formula is C11H21N4O2+. The Morgan fingerprint density at radius 3 is 2.53 bits per heavy atom. The van der Waals surface area contributed by atoms with Gasteiger partial charge in [0.25, 0.3) is 5.84 Å². The third-order valence-electron chi connectivity index (χ3n) is 2.39. The molecule has 0 fully saturated rings. The number of nitrogens with zero attached hydrogens (tertiary/aromatic N) is 1. The van der Waals surface area contributed by atoms with E-state index in [1.807, 2.05) is 20.8 Å². The monoisotopic (exact) mass is 241 g/mol. The van der Waals surface area contributed by atoms with Gasteiger partial charge in [0.15, 0.2) is 0 Å². The maximum atomic E-state index is 11.8. The molecule has 96 valence electrons. The van der Waals surface area contributed by atoms with Gasteiger partial charge in [0.1, 0.15) is 5.60 Å². The number of hydrogen-bond donors (Lipinski definition) is 3. The third-order valence-corrected chi connectivity index (χ3v) is 2.39. The van der Waals surface area contributed by atoms with Gasteiger partial charge in [0, 0.05) is 18.7 Å². The fourth-order valence-corrected chi connectivity index (χ4v) is 1.54. The molecule has 0 spiro atoms. The number of ether oxygens (including phenoxy) is 1. The summed E-state index contributed by atoms with van der Waals surface area (Å²) >= 11 is 0. The fraction of sp³-hybridized carbons (Fsp3) is 0.636. The van der Waals surface area contributed by atoms with Crippen LogP contribution >= 0.6 is 0 Å². The fourth-order valence-electron chi connectivity index (χ4n) is 1.54. The van der Waals surface area contributed by atoms with E-state index >= 15 is 0 Å². The summed E-state index contributed by atoms with van der Waals surface area (Å²) < 4.78 is 5.27. The van der Waals surface area contributed by atoms with Gasteiger partial charge < -0.3 is 15.4 Å². The van der Waals surface area contributed by atoms with Gasteiger partial charge in [-0.05, 0) is 20.8 Å². The summed E-state index contributed by atoms with van der Waals surface area (Å²) in [5.74, 6) is 0.163. The number of carbonyl (C=O) groups excluding carboxylic acids is 1. The summed E-state index contributed by atoms with van der Waals surface area (Å²) in [6, 6.07) is 0. The number of amidine groups is 1. The molecule has 6 nitrogen and oxygen atoms in total. The minimum Gasteiger partial charge on any atom is -0.444 e. The molecule has 0 aromatic carbocycles. The molecule has 0 aliphatic carbocycles. The molecule has 0 saturated heterocycles. The molecule has 1 heterocycles. The second-order valence-electron chi connectivity index (χ2n) is 5.11. The van der Waals surface area contributed by atoms with Crippen LogP contribution in [0.4, 0.5) is 4.79 Å². The van der Waals surface area contributed by atoms with E-state index < -0.39 is 5.60 Å². The second-order valence-corrected chi connectivity index (χ2v) is 5.11. The molecule has 17 heavy (non-hydrogen) atoms. The highest BCUT2D eigenvalue weighted by molar-refractivity contribution is 5.94. The Morgan fingerprint density at radius 1 is 1.47 bits per heavy atom. The first-order chi connectivity index (χ1) is 7.70. The van der Waals surface area contributed by atoms with Crippen molar-refractivity contribution in [3.63, 3.8) is 0 Å². The van der Waals surface area contributed by atoms with Crippen LogP contribution in [0.2, 0.25) is 0 Å². The van der Waals surface area contributed by atoms with Crippen molar-refractivity contribution >= 4 is 11.9 Å². The quantitative estimate of drug-likeness (QED) is 0.402. The summed E-state index contributed by atoms with van der Waals surface area (Å²) in [7, 11) is 0. The highest BCUT2D eigenvalue weighted by Gasteiger charge is 2.28. The van der Waals surface area contributed by atoms with Crippen molar-refractivity contribution < 1.29 is 14.9 Å². The van der Waals surface area contributed by atoms with E-state index in [1.165, 1.54) is 0 Å². The smallest absolute Gasteiger partial charge is 0.410 e. The zero-order chi connectivity index (χ0) is 13.2. The van der Waals surface area contributed by atoms with Gasteiger partial charge in [-0.2, -0.15) is 0 Å². The van der Waals surface area contributed by atoms with Gasteiger partial charge >= 0.3 is 6.09 Å². The second kappa shape index (κ2) is 4.65. The molecule has 0 bridgehead atoms. The highest BCUT2D eigenvalue weighted by atomic mass is 16.6. The van der Waals surface area contributed by atoms with Crippen LogP contribution in [-0.2, 0) is 4.74 Å². The van der Waals surface area contributed by atoms with Crippen LogP contribution in [0.1, 0.15) is 27.2 Å². The maximum Gasteiger partial charge on any atom is 0.410 e. The summed E-state index contributed by atoms with van der Waals surface area (Å²) in [5.41, 5.74) is 12.1. The highest BCUT2D eigenvalue weighted by Crippen LogP contribution is 2.16. The summed E-state index contributed by atoms with van der Waals surface area (Å²) in [6.07, 6.45) is 0.190. The predicted molar refractivity (Wildman–Crippen MR) is 64.8 cm³/mol. The van der Waals surface area contributed by atoms with Gasteiger partial charge in [0.05, 0.1) is 12.1 Å². The molecule has 1 aliphatic heterocycles. The molecule has 0 aromatic heterocycles. The first-order valence-electron chi connectivity index (χ1n) is 5.54. The predicted octanol–water partition coefficient (Wildman–Crippen LogP) is -1.04. The molecule has 6 heteroatoms. The summed E-state index contributed by atoms with van der Waals surface area (Å²) in [5, 5.41) is 5.52. The maximum absolute atomic E-state index is 11.8. The van der Waals surface area contributed by atoms with Crippen LogP contribution in [-0.4, -0.2) is 35.5 Å². The lowest BCUT2D eigenvalue weighted by molar-refractivity contribution is -0.114. The first kappa shape index (κ1) is 13.3. The Labute approximate surface area is 101 Å². The number of carbonyl (C=O) groups is 1. The number of rotatable bonds is 1. The lowest BCUT2D eigenvalue weighted by atomic mass is 10.1. The Kier molecular flexibility index (Phi) is 3.65. The molecule has 0 saturated carbocycles. The van der Waals surface area contributed by atoms with Gasteiger partial charge in [-0.1, -0.05) is 0 Å². The summed E-state index contributed by atoms with van der Waals surface area (Å²) in [6.45, 7) is 6.30. The van der Waals surface area contributed by atoms with Crippen LogP contribution < -0.4 is 16.9 Å². The van der Waals surface area contributed by atoms with Crippen molar-refractivity contribution in [2.45, 2.75) is 32.8 Å². The van der Waals surface area contributed by atoms with Gasteiger partial charge in [-0.25, -0.2) is 4.79 Å². The van der Waals surface area contributed by atoms with E-state index in [2.05, 4.69) is 0 Å². The molecule has 1 aliphatic rings. The van der Waals surface area contributed by atoms with Crippen LogP contribution in [0.15, 0.2) is 11.3 Å². The number of hydrogen-bond acceptors (Lipinski definition) is 3. The molecule has 0 atom stereocenters. The minimum atomic E-state index is -0.512. The lowest BCUT2D eigenvalue weighted by Crippen LogP contribution is -2.52. The van der Waals surface area contributed by atoms with Crippen molar-refractivity contribution in [3.05, 3.63) is 11.3 Å². The lowest BCUT2D eigenvalue weighted by Gasteiger charge is -2.30. The van der Waals surface area contributed by atoms with Crippen molar-refractivity contribution in [3.8, 4) is 0 Å². The molecule has 0 unspecified atom stereocenters. The SMILES string of the molecule is CC(C)(C)OC(=O)N1CCC(N)=C(C(N)=[NH2+])C1. The molecular weight excluding hydrogens is 220 g/mol. The van der Waals surface area contributed by atoms with Crippen molar-refractivity contribution in [1.29, 1.82) is 0 Å². The number of amides is 1. The Hall–Kier alpha value is -1.72.